The van der Waals surface area contributed by atoms with Crippen LogP contribution in [0, 0.1) is 6.92 Å². The van der Waals surface area contributed by atoms with Crippen LogP contribution in [0.4, 0.5) is 0 Å². The molecule has 0 fully saturated rings. The van der Waals surface area contributed by atoms with Crippen molar-refractivity contribution in [3.63, 3.8) is 0 Å². The fourth-order valence-electron chi connectivity index (χ4n) is 1.15. The molecule has 1 N–H and O–H groups in total. The number of hydrogen-bond acceptors (Lipinski definition) is 4. The van der Waals surface area contributed by atoms with Crippen molar-refractivity contribution in [3.8, 4) is 0 Å². The van der Waals surface area contributed by atoms with Gasteiger partial charge in [0.1, 0.15) is 5.01 Å². The van der Waals surface area contributed by atoms with Gasteiger partial charge in [-0.05, 0) is 19.6 Å². The van der Waals surface area contributed by atoms with E-state index < -0.39 is 0 Å². The van der Waals surface area contributed by atoms with E-state index in [0.29, 0.717) is 6.04 Å². The van der Waals surface area contributed by atoms with E-state index in [9.17, 15) is 0 Å². The average molecular weight is 230 g/mol. The van der Waals surface area contributed by atoms with Crippen LogP contribution in [0.15, 0.2) is 5.38 Å². The third kappa shape index (κ3) is 3.98. The second kappa shape index (κ2) is 6.43. The summed E-state index contributed by atoms with van der Waals surface area (Å²) in [5, 5.41) is 6.78. The van der Waals surface area contributed by atoms with Crippen molar-refractivity contribution >= 4 is 23.1 Å². The monoisotopic (exact) mass is 230 g/mol. The van der Waals surface area contributed by atoms with Gasteiger partial charge in [-0.25, -0.2) is 4.98 Å². The Morgan fingerprint density at radius 3 is 3.00 bits per heavy atom. The minimum absolute atomic E-state index is 0.395. The maximum Gasteiger partial charge on any atom is 0.110 e. The Bertz CT molecular complexity index is 260. The summed E-state index contributed by atoms with van der Waals surface area (Å²) in [6.45, 7) is 7.48. The molecule has 1 aromatic heterocycles. The van der Waals surface area contributed by atoms with Gasteiger partial charge in [0.25, 0.3) is 0 Å². The number of thioether (sulfide) groups is 1. The van der Waals surface area contributed by atoms with E-state index in [4.69, 9.17) is 0 Å². The summed E-state index contributed by atoms with van der Waals surface area (Å²) in [7, 11) is 0. The molecule has 1 rings (SSSR count). The molecule has 1 atom stereocenters. The highest BCUT2D eigenvalue weighted by atomic mass is 32.2. The van der Waals surface area contributed by atoms with Crippen LogP contribution in [0.5, 0.6) is 0 Å². The van der Waals surface area contributed by atoms with Crippen LogP contribution in [0.3, 0.4) is 0 Å². The fourth-order valence-corrected chi connectivity index (χ4v) is 2.53. The van der Waals surface area contributed by atoms with Gasteiger partial charge in [-0.2, -0.15) is 11.8 Å². The van der Waals surface area contributed by atoms with E-state index in [-0.39, 0.29) is 0 Å². The number of nitrogens with one attached hydrogen (secondary N) is 1. The SMILES string of the molecule is CCSCCNC(C)c1nc(C)cs1. The van der Waals surface area contributed by atoms with Gasteiger partial charge >= 0.3 is 0 Å². The number of aromatic nitrogens is 1. The molecule has 2 nitrogen and oxygen atoms in total. The Hall–Kier alpha value is -0.0600. The van der Waals surface area contributed by atoms with Gasteiger partial charge in [-0.15, -0.1) is 11.3 Å². The van der Waals surface area contributed by atoms with Gasteiger partial charge < -0.3 is 5.32 Å². The molecule has 0 aromatic carbocycles. The molecule has 0 saturated carbocycles. The van der Waals surface area contributed by atoms with Crippen molar-refractivity contribution < 1.29 is 0 Å². The van der Waals surface area contributed by atoms with Gasteiger partial charge in [-0.1, -0.05) is 6.92 Å². The van der Waals surface area contributed by atoms with Crippen LogP contribution < -0.4 is 5.32 Å². The minimum atomic E-state index is 0.395. The molecule has 80 valence electrons. The Balaban J connectivity index is 2.25. The smallest absolute Gasteiger partial charge is 0.110 e. The zero-order valence-electron chi connectivity index (χ0n) is 9.04. The molecule has 0 saturated heterocycles. The van der Waals surface area contributed by atoms with E-state index in [2.05, 4.69) is 29.5 Å². The molecule has 0 aliphatic heterocycles. The van der Waals surface area contributed by atoms with Crippen molar-refractivity contribution in [1.29, 1.82) is 0 Å². The predicted octanol–water partition coefficient (Wildman–Crippen LogP) is 2.86. The highest BCUT2D eigenvalue weighted by Crippen LogP contribution is 2.17. The minimum Gasteiger partial charge on any atom is -0.307 e. The van der Waals surface area contributed by atoms with Crippen LogP contribution in [-0.4, -0.2) is 23.0 Å². The van der Waals surface area contributed by atoms with Crippen molar-refractivity contribution in [1.82, 2.24) is 10.3 Å². The third-order valence-corrected chi connectivity index (χ3v) is 3.95. The number of thiazole rings is 1. The first-order valence-corrected chi connectivity index (χ1v) is 7.00. The summed E-state index contributed by atoms with van der Waals surface area (Å²) in [5.41, 5.74) is 1.13. The second-order valence-electron chi connectivity index (χ2n) is 3.20. The summed E-state index contributed by atoms with van der Waals surface area (Å²) >= 11 is 3.71. The molecule has 4 heteroatoms. The molecule has 1 aromatic rings. The molecule has 14 heavy (non-hydrogen) atoms. The fraction of sp³-hybridized carbons (Fsp3) is 0.700. The Kier molecular flexibility index (Phi) is 5.52. The van der Waals surface area contributed by atoms with E-state index in [1.54, 1.807) is 11.3 Å². The van der Waals surface area contributed by atoms with Crippen LogP contribution >= 0.6 is 23.1 Å². The van der Waals surface area contributed by atoms with Gasteiger partial charge in [-0.3, -0.25) is 0 Å². The standard InChI is InChI=1S/C10H18N2S2/c1-4-13-6-5-11-9(3)10-12-8(2)7-14-10/h7,9,11H,4-6H2,1-3H3. The van der Waals surface area contributed by atoms with E-state index in [1.165, 1.54) is 16.5 Å². The molecule has 0 aliphatic rings. The summed E-state index contributed by atoms with van der Waals surface area (Å²) in [5.74, 6) is 2.39. The number of rotatable bonds is 6. The van der Waals surface area contributed by atoms with Gasteiger partial charge in [0.15, 0.2) is 0 Å². The van der Waals surface area contributed by atoms with Gasteiger partial charge in [0.2, 0.25) is 0 Å². The lowest BCUT2D eigenvalue weighted by Crippen LogP contribution is -2.21. The van der Waals surface area contributed by atoms with E-state index >= 15 is 0 Å². The number of aryl methyl sites for hydroxylation is 1. The van der Waals surface area contributed by atoms with Gasteiger partial charge in [0, 0.05) is 23.4 Å². The Labute approximate surface area is 94.5 Å². The first-order chi connectivity index (χ1) is 6.74. The molecule has 1 heterocycles. The Morgan fingerprint density at radius 2 is 2.43 bits per heavy atom. The zero-order valence-corrected chi connectivity index (χ0v) is 10.7. The van der Waals surface area contributed by atoms with E-state index in [0.717, 1.165) is 12.2 Å². The maximum absolute atomic E-state index is 4.46. The summed E-state index contributed by atoms with van der Waals surface area (Å²) < 4.78 is 0. The second-order valence-corrected chi connectivity index (χ2v) is 5.48. The molecule has 1 unspecified atom stereocenters. The molecule has 0 amide bonds. The highest BCUT2D eigenvalue weighted by molar-refractivity contribution is 7.99. The van der Waals surface area contributed by atoms with Crippen molar-refractivity contribution in [2.24, 2.45) is 0 Å². The lowest BCUT2D eigenvalue weighted by atomic mass is 10.3. The molecular weight excluding hydrogens is 212 g/mol. The number of hydrogen-bond donors (Lipinski definition) is 1. The lowest BCUT2D eigenvalue weighted by molar-refractivity contribution is 0.597. The zero-order chi connectivity index (χ0) is 10.4. The van der Waals surface area contributed by atoms with Crippen LogP contribution in [-0.2, 0) is 0 Å². The van der Waals surface area contributed by atoms with Crippen molar-refractivity contribution in [3.05, 3.63) is 16.1 Å². The number of nitrogens with zero attached hydrogens (tertiary/aromatic N) is 1. The van der Waals surface area contributed by atoms with Crippen molar-refractivity contribution in [2.75, 3.05) is 18.1 Å². The lowest BCUT2D eigenvalue weighted by Gasteiger charge is -2.10. The summed E-state index contributed by atoms with van der Waals surface area (Å²) in [6, 6.07) is 0.395. The molecular formula is C10H18N2S2. The molecule has 0 bridgehead atoms. The van der Waals surface area contributed by atoms with Crippen LogP contribution in [0.1, 0.15) is 30.6 Å². The van der Waals surface area contributed by atoms with Crippen molar-refractivity contribution in [2.45, 2.75) is 26.8 Å². The third-order valence-electron chi connectivity index (χ3n) is 1.91. The Morgan fingerprint density at radius 1 is 1.64 bits per heavy atom. The van der Waals surface area contributed by atoms with Crippen LogP contribution in [0.2, 0.25) is 0 Å². The molecule has 0 spiro atoms. The van der Waals surface area contributed by atoms with E-state index in [1.807, 2.05) is 18.7 Å². The first kappa shape index (κ1) is 12.0. The normalized spacial score (nSPS) is 13.1. The molecule has 0 radical (unpaired) electrons. The summed E-state index contributed by atoms with van der Waals surface area (Å²) in [4.78, 5) is 4.46. The first-order valence-electron chi connectivity index (χ1n) is 4.97. The highest BCUT2D eigenvalue weighted by Gasteiger charge is 2.07. The summed E-state index contributed by atoms with van der Waals surface area (Å²) in [6.07, 6.45) is 0. The van der Waals surface area contributed by atoms with Gasteiger partial charge in [0.05, 0.1) is 6.04 Å². The quantitative estimate of drug-likeness (QED) is 0.761. The predicted molar refractivity (Wildman–Crippen MR) is 66.3 cm³/mol. The average Bonchev–Trinajstić information content (AvgIpc) is 2.59. The molecule has 0 aliphatic carbocycles. The maximum atomic E-state index is 4.46. The van der Waals surface area contributed by atoms with Crippen LogP contribution in [0.25, 0.3) is 0 Å². The topological polar surface area (TPSA) is 24.9 Å². The largest absolute Gasteiger partial charge is 0.307 e.